The van der Waals surface area contributed by atoms with Gasteiger partial charge in [-0.15, -0.1) is 0 Å². The lowest BCUT2D eigenvalue weighted by atomic mass is 10.1. The molecule has 238 valence electrons. The number of hydrogen-bond donors (Lipinski definition) is 0. The van der Waals surface area contributed by atoms with Gasteiger partial charge in [-0.25, -0.2) is 35.3 Å². The highest BCUT2D eigenvalue weighted by molar-refractivity contribution is 7.90. The lowest BCUT2D eigenvalue weighted by Crippen LogP contribution is -2.49. The molecule has 2 aromatic heterocycles. The van der Waals surface area contributed by atoms with Crippen LogP contribution >= 0.6 is 0 Å². The van der Waals surface area contributed by atoms with Crippen LogP contribution in [0.25, 0.3) is 11.0 Å². The monoisotopic (exact) mass is 645 g/mol. The van der Waals surface area contributed by atoms with Gasteiger partial charge in [0.2, 0.25) is 0 Å². The van der Waals surface area contributed by atoms with E-state index in [0.717, 1.165) is 19.8 Å². The summed E-state index contributed by atoms with van der Waals surface area (Å²) in [6, 6.07) is 9.59. The molecule has 0 radical (unpaired) electrons. The van der Waals surface area contributed by atoms with Crippen LogP contribution in [0.5, 0.6) is 11.5 Å². The smallest absolute Gasteiger partial charge is 0.329 e. The minimum Gasteiger partial charge on any atom is -0.493 e. The SMILES string of the molecule is COc1cc(OC)c(F)c(N2Cc3cnc4c(cc(CN5CCOCC5)n4S(=O)(=O)c4ccccc4)c3N(CCF)C2=O)c1F. The van der Waals surface area contributed by atoms with E-state index in [1.807, 2.05) is 4.90 Å². The van der Waals surface area contributed by atoms with Crippen LogP contribution < -0.4 is 19.3 Å². The third kappa shape index (κ3) is 5.23. The molecule has 45 heavy (non-hydrogen) atoms. The number of ether oxygens (including phenoxy) is 3. The van der Waals surface area contributed by atoms with Gasteiger partial charge in [-0.1, -0.05) is 18.2 Å². The number of hydrogen-bond acceptors (Lipinski definition) is 8. The summed E-state index contributed by atoms with van der Waals surface area (Å²) in [5, 5.41) is 0.279. The largest absolute Gasteiger partial charge is 0.493 e. The summed E-state index contributed by atoms with van der Waals surface area (Å²) in [5.41, 5.74) is 0.207. The topological polar surface area (TPSA) is 106 Å². The number of aromatic nitrogens is 2. The first kappa shape index (κ1) is 30.7. The molecule has 6 rings (SSSR count). The number of nitrogens with zero attached hydrogens (tertiary/aromatic N) is 5. The number of carbonyl (C=O) groups is 1. The lowest BCUT2D eigenvalue weighted by Gasteiger charge is -2.37. The Bertz CT molecular complexity index is 1840. The van der Waals surface area contributed by atoms with Gasteiger partial charge < -0.3 is 14.2 Å². The number of rotatable bonds is 9. The summed E-state index contributed by atoms with van der Waals surface area (Å²) in [7, 11) is -1.80. The summed E-state index contributed by atoms with van der Waals surface area (Å²) in [6.45, 7) is 0.525. The molecule has 2 aliphatic heterocycles. The second-order valence-corrected chi connectivity index (χ2v) is 12.2. The molecular formula is C30H30F3N5O6S. The third-order valence-electron chi connectivity index (χ3n) is 7.87. The van der Waals surface area contributed by atoms with E-state index in [1.165, 1.54) is 32.5 Å². The number of urea groups is 1. The van der Waals surface area contributed by atoms with Gasteiger partial charge in [0.05, 0.1) is 56.8 Å². The maximum Gasteiger partial charge on any atom is 0.329 e. The van der Waals surface area contributed by atoms with Crippen LogP contribution in [0.2, 0.25) is 0 Å². The Balaban J connectivity index is 1.56. The van der Waals surface area contributed by atoms with Gasteiger partial charge >= 0.3 is 6.03 Å². The fourth-order valence-electron chi connectivity index (χ4n) is 5.76. The predicted molar refractivity (Wildman–Crippen MR) is 159 cm³/mol. The van der Waals surface area contributed by atoms with E-state index in [0.29, 0.717) is 37.6 Å². The minimum atomic E-state index is -4.17. The van der Waals surface area contributed by atoms with Crippen molar-refractivity contribution in [3.05, 3.63) is 71.6 Å². The fraction of sp³-hybridized carbons (Fsp3) is 0.333. The fourth-order valence-corrected chi connectivity index (χ4v) is 7.26. The van der Waals surface area contributed by atoms with Crippen molar-refractivity contribution in [2.75, 3.05) is 63.5 Å². The van der Waals surface area contributed by atoms with Crippen LogP contribution in [-0.2, 0) is 27.8 Å². The lowest BCUT2D eigenvalue weighted by molar-refractivity contribution is 0.0336. The molecule has 2 amide bonds. The van der Waals surface area contributed by atoms with E-state index >= 15 is 8.78 Å². The van der Waals surface area contributed by atoms with Crippen LogP contribution in [0.15, 0.2) is 53.6 Å². The van der Waals surface area contributed by atoms with E-state index in [9.17, 15) is 17.6 Å². The third-order valence-corrected chi connectivity index (χ3v) is 9.62. The average molecular weight is 646 g/mol. The predicted octanol–water partition coefficient (Wildman–Crippen LogP) is 4.32. The van der Waals surface area contributed by atoms with Crippen molar-refractivity contribution in [2.45, 2.75) is 18.0 Å². The molecule has 1 saturated heterocycles. The Morgan fingerprint density at radius 2 is 1.64 bits per heavy atom. The maximum atomic E-state index is 15.5. The molecule has 0 atom stereocenters. The van der Waals surface area contributed by atoms with Crippen LogP contribution in [0.4, 0.5) is 29.3 Å². The molecule has 0 saturated carbocycles. The van der Waals surface area contributed by atoms with Crippen LogP contribution in [0.3, 0.4) is 0 Å². The van der Waals surface area contributed by atoms with E-state index in [-0.39, 0.29) is 46.2 Å². The highest BCUT2D eigenvalue weighted by Crippen LogP contribution is 2.43. The molecule has 2 aromatic carbocycles. The van der Waals surface area contributed by atoms with Crippen LogP contribution in [0.1, 0.15) is 11.3 Å². The van der Waals surface area contributed by atoms with Crippen molar-refractivity contribution >= 4 is 38.5 Å². The molecule has 0 aliphatic carbocycles. The van der Waals surface area contributed by atoms with Crippen molar-refractivity contribution < 1.29 is 40.6 Å². The zero-order valence-corrected chi connectivity index (χ0v) is 25.3. The Kier molecular flexibility index (Phi) is 8.33. The van der Waals surface area contributed by atoms with Gasteiger partial charge in [0, 0.05) is 42.8 Å². The Morgan fingerprint density at radius 3 is 2.27 bits per heavy atom. The summed E-state index contributed by atoms with van der Waals surface area (Å²) in [5.74, 6) is -3.00. The number of carbonyl (C=O) groups excluding carboxylic acids is 1. The van der Waals surface area contributed by atoms with Gasteiger partial charge in [-0.3, -0.25) is 14.7 Å². The summed E-state index contributed by atoms with van der Waals surface area (Å²) in [4.78, 5) is 22.4. The molecule has 4 heterocycles. The minimum absolute atomic E-state index is 0.0334. The number of anilines is 2. The second-order valence-electron chi connectivity index (χ2n) is 10.4. The quantitative estimate of drug-likeness (QED) is 0.265. The molecular weight excluding hydrogens is 615 g/mol. The first-order valence-corrected chi connectivity index (χ1v) is 15.5. The Hall–Kier alpha value is -4.34. The molecule has 4 aromatic rings. The van der Waals surface area contributed by atoms with E-state index in [2.05, 4.69) is 4.98 Å². The maximum absolute atomic E-state index is 15.5. The van der Waals surface area contributed by atoms with Gasteiger partial charge in [0.1, 0.15) is 12.4 Å². The number of morpholine rings is 1. The number of methoxy groups -OCH3 is 2. The van der Waals surface area contributed by atoms with E-state index in [1.54, 1.807) is 24.3 Å². The van der Waals surface area contributed by atoms with Gasteiger partial charge in [0.25, 0.3) is 10.0 Å². The van der Waals surface area contributed by atoms with Crippen molar-refractivity contribution in [2.24, 2.45) is 0 Å². The molecule has 0 bridgehead atoms. The van der Waals surface area contributed by atoms with E-state index < -0.39 is 46.6 Å². The van der Waals surface area contributed by atoms with Crippen molar-refractivity contribution in [1.82, 2.24) is 13.9 Å². The summed E-state index contributed by atoms with van der Waals surface area (Å²) >= 11 is 0. The number of fused-ring (bicyclic) bond motifs is 3. The first-order chi connectivity index (χ1) is 21.7. The molecule has 0 N–H and O–H groups in total. The number of alkyl halides is 1. The van der Waals surface area contributed by atoms with Crippen LogP contribution in [0, 0.1) is 11.6 Å². The van der Waals surface area contributed by atoms with Gasteiger partial charge in [-0.05, 0) is 18.2 Å². The van der Waals surface area contributed by atoms with Crippen molar-refractivity contribution in [3.8, 4) is 11.5 Å². The van der Waals surface area contributed by atoms with Crippen molar-refractivity contribution in [3.63, 3.8) is 0 Å². The zero-order chi connectivity index (χ0) is 31.9. The second kappa shape index (κ2) is 12.2. The molecule has 2 aliphatic rings. The molecule has 15 heteroatoms. The average Bonchev–Trinajstić information content (AvgIpc) is 3.42. The van der Waals surface area contributed by atoms with Gasteiger partial charge in [-0.2, -0.15) is 0 Å². The highest BCUT2D eigenvalue weighted by Gasteiger charge is 2.39. The zero-order valence-electron chi connectivity index (χ0n) is 24.5. The molecule has 1 fully saturated rings. The Labute approximate surface area is 257 Å². The van der Waals surface area contributed by atoms with Crippen LogP contribution in [-0.4, -0.2) is 82.0 Å². The molecule has 0 unspecified atom stereocenters. The molecule has 0 spiro atoms. The Morgan fingerprint density at radius 1 is 0.978 bits per heavy atom. The molecule has 11 nitrogen and oxygen atoms in total. The standard InChI is InChI=1S/C30H30F3N5O6S/c1-42-23-15-24(43-2)26(33)28(25(23)32)37-17-19-16-34-29-22(27(19)36(9-8-31)30(37)39)14-20(18-35-10-12-44-13-11-35)38(29)45(40,41)21-6-4-3-5-7-21/h3-7,14-16H,8-13,17-18H2,1-2H3. The number of pyridine rings is 1. The summed E-state index contributed by atoms with van der Waals surface area (Å²) < 4.78 is 89.9. The summed E-state index contributed by atoms with van der Waals surface area (Å²) in [6.07, 6.45) is 1.34. The normalized spacial score (nSPS) is 15.9. The van der Waals surface area contributed by atoms with E-state index in [4.69, 9.17) is 14.2 Å². The van der Waals surface area contributed by atoms with Crippen molar-refractivity contribution in [1.29, 1.82) is 0 Å². The number of halogens is 3. The number of benzene rings is 2. The number of amides is 2. The first-order valence-electron chi connectivity index (χ1n) is 14.1. The van der Waals surface area contributed by atoms with Gasteiger partial charge in [0.15, 0.2) is 28.8 Å². The highest BCUT2D eigenvalue weighted by atomic mass is 32.2.